The van der Waals surface area contributed by atoms with E-state index in [9.17, 15) is 4.79 Å². The zero-order chi connectivity index (χ0) is 13.0. The number of hydrogen-bond donors (Lipinski definition) is 1. The molecular formula is C12H14Cl2N2OS. The van der Waals surface area contributed by atoms with Gasteiger partial charge in [-0.3, -0.25) is 4.79 Å². The summed E-state index contributed by atoms with van der Waals surface area (Å²) in [5.41, 5.74) is 0.391. The highest BCUT2D eigenvalue weighted by molar-refractivity contribution is 7.99. The number of thioether (sulfide) groups is 1. The van der Waals surface area contributed by atoms with Crippen LogP contribution in [-0.4, -0.2) is 28.9 Å². The van der Waals surface area contributed by atoms with Gasteiger partial charge < -0.3 is 5.32 Å². The number of nitrogens with zero attached hydrogens (tertiary/aromatic N) is 1. The normalized spacial score (nSPS) is 16.6. The van der Waals surface area contributed by atoms with Crippen molar-refractivity contribution in [1.29, 1.82) is 0 Å². The number of rotatable bonds is 3. The summed E-state index contributed by atoms with van der Waals surface area (Å²) in [6.45, 7) is 0.704. The van der Waals surface area contributed by atoms with Gasteiger partial charge >= 0.3 is 0 Å². The van der Waals surface area contributed by atoms with Crippen molar-refractivity contribution in [2.45, 2.75) is 12.8 Å². The van der Waals surface area contributed by atoms with Crippen LogP contribution in [0.2, 0.25) is 10.2 Å². The average molecular weight is 305 g/mol. The van der Waals surface area contributed by atoms with Gasteiger partial charge in [0.2, 0.25) is 0 Å². The number of halogens is 2. The van der Waals surface area contributed by atoms with E-state index in [1.54, 1.807) is 0 Å². The fourth-order valence-corrected chi connectivity index (χ4v) is 3.42. The van der Waals surface area contributed by atoms with Gasteiger partial charge in [0.15, 0.2) is 0 Å². The van der Waals surface area contributed by atoms with Crippen molar-refractivity contribution in [3.05, 3.63) is 28.0 Å². The Kier molecular flexibility index (Phi) is 5.15. The van der Waals surface area contributed by atoms with Gasteiger partial charge in [-0.25, -0.2) is 4.98 Å². The van der Waals surface area contributed by atoms with E-state index in [0.717, 1.165) is 12.8 Å². The molecule has 0 unspecified atom stereocenters. The third kappa shape index (κ3) is 3.77. The monoisotopic (exact) mass is 304 g/mol. The molecule has 18 heavy (non-hydrogen) atoms. The number of nitrogens with one attached hydrogen (secondary N) is 1. The van der Waals surface area contributed by atoms with E-state index in [-0.39, 0.29) is 11.1 Å². The van der Waals surface area contributed by atoms with Gasteiger partial charge in [0.25, 0.3) is 5.91 Å². The summed E-state index contributed by atoms with van der Waals surface area (Å²) >= 11 is 13.7. The van der Waals surface area contributed by atoms with Gasteiger partial charge in [0.1, 0.15) is 5.15 Å². The van der Waals surface area contributed by atoms with E-state index in [2.05, 4.69) is 10.3 Å². The van der Waals surface area contributed by atoms with Crippen LogP contribution in [0.15, 0.2) is 12.3 Å². The van der Waals surface area contributed by atoms with E-state index in [1.165, 1.54) is 23.8 Å². The highest BCUT2D eigenvalue weighted by Gasteiger charge is 2.16. The van der Waals surface area contributed by atoms with Crippen LogP contribution in [0.3, 0.4) is 0 Å². The van der Waals surface area contributed by atoms with E-state index in [0.29, 0.717) is 23.0 Å². The van der Waals surface area contributed by atoms with Gasteiger partial charge in [-0.1, -0.05) is 23.2 Å². The minimum absolute atomic E-state index is 0.178. The second-order valence-corrected chi connectivity index (χ2v) is 6.27. The lowest BCUT2D eigenvalue weighted by Crippen LogP contribution is -2.31. The summed E-state index contributed by atoms with van der Waals surface area (Å²) in [4.78, 5) is 15.8. The Morgan fingerprint density at radius 1 is 1.44 bits per heavy atom. The summed E-state index contributed by atoms with van der Waals surface area (Å²) in [5, 5.41) is 3.52. The number of hydrogen-bond acceptors (Lipinski definition) is 3. The van der Waals surface area contributed by atoms with Gasteiger partial charge in [-0.05, 0) is 36.3 Å². The van der Waals surface area contributed by atoms with Gasteiger partial charge in [0.05, 0.1) is 10.6 Å². The fourth-order valence-electron chi connectivity index (χ4n) is 1.87. The Bertz CT molecular complexity index is 436. The molecule has 2 rings (SSSR count). The molecule has 2 heterocycles. The molecule has 1 N–H and O–H groups in total. The zero-order valence-electron chi connectivity index (χ0n) is 9.79. The van der Waals surface area contributed by atoms with Crippen molar-refractivity contribution >= 4 is 40.9 Å². The second-order valence-electron chi connectivity index (χ2n) is 4.25. The lowest BCUT2D eigenvalue weighted by Gasteiger charge is -2.21. The molecule has 0 spiro atoms. The number of aromatic nitrogens is 1. The average Bonchev–Trinajstić information content (AvgIpc) is 2.40. The first kappa shape index (κ1) is 14.0. The molecule has 0 saturated carbocycles. The molecule has 1 amide bonds. The Morgan fingerprint density at radius 2 is 2.17 bits per heavy atom. The number of carbonyl (C=O) groups excluding carboxylic acids is 1. The lowest BCUT2D eigenvalue weighted by molar-refractivity contribution is 0.0946. The number of carbonyl (C=O) groups is 1. The van der Waals surface area contributed by atoms with Crippen LogP contribution in [0.5, 0.6) is 0 Å². The predicted molar refractivity (Wildman–Crippen MR) is 76.6 cm³/mol. The van der Waals surface area contributed by atoms with Crippen molar-refractivity contribution in [1.82, 2.24) is 10.3 Å². The molecule has 1 aromatic rings. The molecule has 98 valence electrons. The van der Waals surface area contributed by atoms with Crippen LogP contribution >= 0.6 is 35.0 Å². The molecule has 3 nitrogen and oxygen atoms in total. The molecule has 0 bridgehead atoms. The molecular weight excluding hydrogens is 291 g/mol. The largest absolute Gasteiger partial charge is 0.352 e. The third-order valence-electron chi connectivity index (χ3n) is 2.96. The minimum Gasteiger partial charge on any atom is -0.352 e. The van der Waals surface area contributed by atoms with Gasteiger partial charge in [-0.15, -0.1) is 0 Å². The van der Waals surface area contributed by atoms with E-state index in [4.69, 9.17) is 23.2 Å². The Balaban J connectivity index is 1.92. The topological polar surface area (TPSA) is 42.0 Å². The van der Waals surface area contributed by atoms with Gasteiger partial charge in [0, 0.05) is 12.7 Å². The van der Waals surface area contributed by atoms with E-state index in [1.807, 2.05) is 11.8 Å². The van der Waals surface area contributed by atoms with Crippen molar-refractivity contribution in [2.75, 3.05) is 18.1 Å². The smallest absolute Gasteiger partial charge is 0.252 e. The van der Waals surface area contributed by atoms with Crippen LogP contribution in [0.4, 0.5) is 0 Å². The molecule has 1 aliphatic rings. The van der Waals surface area contributed by atoms with Crippen molar-refractivity contribution in [2.24, 2.45) is 5.92 Å². The highest BCUT2D eigenvalue weighted by atomic mass is 35.5. The summed E-state index contributed by atoms with van der Waals surface area (Å²) in [7, 11) is 0. The standard InChI is InChI=1S/C12H14Cl2N2OS/c13-10-7-15-11(14)5-9(10)12(17)16-6-8-1-3-18-4-2-8/h5,7-8H,1-4,6H2,(H,16,17). The maximum Gasteiger partial charge on any atom is 0.252 e. The zero-order valence-corrected chi connectivity index (χ0v) is 12.1. The predicted octanol–water partition coefficient (Wildman–Crippen LogP) is 3.26. The third-order valence-corrected chi connectivity index (χ3v) is 4.52. The Labute approximate surface area is 121 Å². The molecule has 0 atom stereocenters. The van der Waals surface area contributed by atoms with E-state index < -0.39 is 0 Å². The molecule has 0 radical (unpaired) electrons. The molecule has 1 aromatic heterocycles. The van der Waals surface area contributed by atoms with Gasteiger partial charge in [-0.2, -0.15) is 11.8 Å². The number of pyridine rings is 1. The first-order valence-electron chi connectivity index (χ1n) is 5.84. The quantitative estimate of drug-likeness (QED) is 0.872. The van der Waals surface area contributed by atoms with Crippen LogP contribution in [-0.2, 0) is 0 Å². The summed E-state index contributed by atoms with van der Waals surface area (Å²) in [5.74, 6) is 2.76. The minimum atomic E-state index is -0.178. The molecule has 6 heteroatoms. The summed E-state index contributed by atoms with van der Waals surface area (Å²) in [6, 6.07) is 1.50. The molecule has 1 saturated heterocycles. The van der Waals surface area contributed by atoms with Crippen molar-refractivity contribution < 1.29 is 4.79 Å². The van der Waals surface area contributed by atoms with Crippen molar-refractivity contribution in [3.8, 4) is 0 Å². The molecule has 0 aromatic carbocycles. The lowest BCUT2D eigenvalue weighted by atomic mass is 10.0. The first-order chi connectivity index (χ1) is 8.66. The van der Waals surface area contributed by atoms with Crippen molar-refractivity contribution in [3.63, 3.8) is 0 Å². The fraction of sp³-hybridized carbons (Fsp3) is 0.500. The molecule has 0 aliphatic carbocycles. The summed E-state index contributed by atoms with van der Waals surface area (Å²) < 4.78 is 0. The van der Waals surface area contributed by atoms with Crippen LogP contribution in [0.25, 0.3) is 0 Å². The summed E-state index contributed by atoms with van der Waals surface area (Å²) in [6.07, 6.45) is 3.72. The maximum atomic E-state index is 12.0. The highest BCUT2D eigenvalue weighted by Crippen LogP contribution is 2.22. The van der Waals surface area contributed by atoms with E-state index >= 15 is 0 Å². The van der Waals surface area contributed by atoms with Crippen LogP contribution in [0.1, 0.15) is 23.2 Å². The van der Waals surface area contributed by atoms with Crippen LogP contribution < -0.4 is 5.32 Å². The Hall–Kier alpha value is -0.450. The second kappa shape index (κ2) is 6.64. The first-order valence-corrected chi connectivity index (χ1v) is 7.75. The maximum absolute atomic E-state index is 12.0. The number of amides is 1. The SMILES string of the molecule is O=C(NCC1CCSCC1)c1cc(Cl)ncc1Cl. The molecule has 1 fully saturated rings. The Morgan fingerprint density at radius 3 is 2.89 bits per heavy atom. The molecule has 1 aliphatic heterocycles. The van der Waals surface area contributed by atoms with Crippen LogP contribution in [0, 0.1) is 5.92 Å².